The number of methoxy groups -OCH3 is 1. The lowest BCUT2D eigenvalue weighted by molar-refractivity contribution is -0.247. The molecule has 1 saturated heterocycles. The van der Waals surface area contributed by atoms with Crippen LogP contribution in [0, 0.1) is 11.3 Å². The summed E-state index contributed by atoms with van der Waals surface area (Å²) < 4.78 is 13.3. The third-order valence-corrected chi connectivity index (χ3v) is 10.6. The standard InChI is InChI=1S/C30H35NO4/c1-27(33,12-11-19-7-5-4-6-8-19)22-18-28-13-14-30(22,34-3)26-29(28)15-16-31(2)23(28)17-20-9-10-21(32)25(35-26)24(20)29/h4-10,13-14,22-23,26,32-33H,11-12,15-18H2,1-3H3/t22-,23?,26-,27+,28?,29?,30-/m1/s1/i3-1. The molecule has 3 unspecified atom stereocenters. The Balaban J connectivity index is 1.38. The number of rotatable bonds is 5. The van der Waals surface area contributed by atoms with Gasteiger partial charge in [-0.2, -0.15) is 0 Å². The van der Waals surface area contributed by atoms with Gasteiger partial charge in [-0.1, -0.05) is 48.6 Å². The van der Waals surface area contributed by atoms with Crippen molar-refractivity contribution in [1.29, 1.82) is 0 Å². The summed E-state index contributed by atoms with van der Waals surface area (Å²) >= 11 is 0. The average molecular weight is 473 g/mol. The van der Waals surface area contributed by atoms with Gasteiger partial charge in [-0.25, -0.2) is 0 Å². The maximum atomic E-state index is 12.1. The van der Waals surface area contributed by atoms with E-state index in [9.17, 15) is 10.2 Å². The number of hydrogen-bond acceptors (Lipinski definition) is 5. The Bertz CT molecular complexity index is 1220. The van der Waals surface area contributed by atoms with Crippen LogP contribution >= 0.6 is 0 Å². The molecule has 2 heterocycles. The molecule has 2 aromatic carbocycles. The summed E-state index contributed by atoms with van der Waals surface area (Å²) in [5.41, 5.74) is 1.61. The number of likely N-dealkylation sites (N-methyl/N-ethyl adjacent to an activating group) is 1. The largest absolute Gasteiger partial charge is 0.504 e. The predicted molar refractivity (Wildman–Crippen MR) is 134 cm³/mol. The number of phenols is 1. The Morgan fingerprint density at radius 1 is 1.17 bits per heavy atom. The first kappa shape index (κ1) is 21.9. The number of piperidine rings is 1. The number of phenolic OH excluding ortho intramolecular Hbond substituents is 1. The molecule has 2 aliphatic heterocycles. The van der Waals surface area contributed by atoms with E-state index < -0.39 is 11.2 Å². The van der Waals surface area contributed by atoms with E-state index in [4.69, 9.17) is 9.47 Å². The van der Waals surface area contributed by atoms with Gasteiger partial charge >= 0.3 is 0 Å². The van der Waals surface area contributed by atoms with Gasteiger partial charge in [-0.15, -0.1) is 0 Å². The number of aryl methyl sites for hydroxylation is 1. The topological polar surface area (TPSA) is 62.2 Å². The summed E-state index contributed by atoms with van der Waals surface area (Å²) in [6.07, 6.45) is 8.58. The smallest absolute Gasteiger partial charge is 0.165 e. The van der Waals surface area contributed by atoms with E-state index in [0.29, 0.717) is 18.2 Å². The van der Waals surface area contributed by atoms with Gasteiger partial charge in [0.2, 0.25) is 0 Å². The van der Waals surface area contributed by atoms with E-state index >= 15 is 0 Å². The van der Waals surface area contributed by atoms with Gasteiger partial charge in [-0.3, -0.25) is 0 Å². The molecule has 7 atom stereocenters. The Labute approximate surface area is 207 Å². The van der Waals surface area contributed by atoms with Crippen molar-refractivity contribution >= 4 is 0 Å². The van der Waals surface area contributed by atoms with E-state index in [1.165, 1.54) is 16.7 Å². The van der Waals surface area contributed by atoms with Crippen molar-refractivity contribution < 1.29 is 19.7 Å². The lowest BCUT2D eigenvalue weighted by Crippen LogP contribution is -2.80. The van der Waals surface area contributed by atoms with Crippen LogP contribution in [0.15, 0.2) is 54.6 Å². The molecular formula is C30H35NO4. The quantitative estimate of drug-likeness (QED) is 0.645. The van der Waals surface area contributed by atoms with Crippen molar-refractivity contribution in [1.82, 2.24) is 4.90 Å². The van der Waals surface area contributed by atoms with Crippen LogP contribution < -0.4 is 4.74 Å². The van der Waals surface area contributed by atoms with E-state index in [1.807, 2.05) is 13.0 Å². The molecule has 0 amide bonds. The molecule has 35 heavy (non-hydrogen) atoms. The highest BCUT2D eigenvalue weighted by molar-refractivity contribution is 5.65. The Hall–Kier alpha value is -2.34. The molecule has 0 radical (unpaired) electrons. The fraction of sp³-hybridized carbons (Fsp3) is 0.533. The molecule has 4 bridgehead atoms. The summed E-state index contributed by atoms with van der Waals surface area (Å²) in [6.45, 7) is 2.98. The van der Waals surface area contributed by atoms with Crippen LogP contribution in [0.4, 0.5) is 0 Å². The van der Waals surface area contributed by atoms with Gasteiger partial charge in [-0.05, 0) is 69.8 Å². The van der Waals surface area contributed by atoms with Gasteiger partial charge in [0, 0.05) is 30.0 Å². The molecule has 2 aromatic rings. The van der Waals surface area contributed by atoms with Gasteiger partial charge in [0.05, 0.1) is 11.0 Å². The van der Waals surface area contributed by atoms with Crippen molar-refractivity contribution in [2.75, 3.05) is 20.7 Å². The van der Waals surface area contributed by atoms with Crippen LogP contribution in [-0.4, -0.2) is 59.2 Å². The van der Waals surface area contributed by atoms with Crippen LogP contribution in [0.5, 0.6) is 11.5 Å². The average Bonchev–Trinajstić information content (AvgIpc) is 3.24. The van der Waals surface area contributed by atoms with Crippen LogP contribution in [0.2, 0.25) is 0 Å². The number of ether oxygens (including phenoxy) is 2. The third kappa shape index (κ3) is 2.45. The van der Waals surface area contributed by atoms with Crippen molar-refractivity contribution in [3.05, 3.63) is 71.3 Å². The monoisotopic (exact) mass is 472 g/mol. The van der Waals surface area contributed by atoms with Gasteiger partial charge in [0.25, 0.3) is 0 Å². The summed E-state index contributed by atoms with van der Waals surface area (Å²) in [5.74, 6) is 0.742. The number of fused-ring (bicyclic) bond motifs is 1. The summed E-state index contributed by atoms with van der Waals surface area (Å²) in [4.78, 5) is 2.52. The Morgan fingerprint density at radius 3 is 2.74 bits per heavy atom. The SMILES string of the molecule is CN1CCC23c4c5ccc(O)c4O[C@H]2[C@@]2(O[11CH3])C=CC3(C[C@@H]2[C@@](C)(O)CCc2ccccc2)C1C5. The van der Waals surface area contributed by atoms with Gasteiger partial charge in [0.1, 0.15) is 11.7 Å². The highest BCUT2D eigenvalue weighted by Gasteiger charge is 2.80. The zero-order valence-corrected chi connectivity index (χ0v) is 20.8. The van der Waals surface area contributed by atoms with Gasteiger partial charge in [0.15, 0.2) is 11.5 Å². The summed E-state index contributed by atoms with van der Waals surface area (Å²) in [7, 11) is 4.01. The van der Waals surface area contributed by atoms with Crippen molar-refractivity contribution in [3.63, 3.8) is 0 Å². The molecule has 2 spiro atoms. The van der Waals surface area contributed by atoms with Gasteiger partial charge < -0.3 is 24.6 Å². The minimum atomic E-state index is -0.946. The molecule has 5 nitrogen and oxygen atoms in total. The number of aromatic hydroxyl groups is 1. The summed E-state index contributed by atoms with van der Waals surface area (Å²) in [6, 6.07) is 14.6. The third-order valence-electron chi connectivity index (χ3n) is 10.6. The Morgan fingerprint density at radius 2 is 1.97 bits per heavy atom. The van der Waals surface area contributed by atoms with Crippen molar-refractivity contribution in [3.8, 4) is 11.5 Å². The second kappa shape index (κ2) is 6.90. The molecule has 6 aliphatic rings. The Kier molecular flexibility index (Phi) is 4.32. The first-order valence-corrected chi connectivity index (χ1v) is 13.0. The fourth-order valence-corrected chi connectivity index (χ4v) is 8.98. The lowest BCUT2D eigenvalue weighted by Gasteiger charge is -2.72. The highest BCUT2D eigenvalue weighted by atomic mass is 16.5. The van der Waals surface area contributed by atoms with Crippen LogP contribution in [0.25, 0.3) is 0 Å². The highest BCUT2D eigenvalue weighted by Crippen LogP contribution is 2.75. The first-order valence-electron chi connectivity index (χ1n) is 13.0. The molecule has 1 saturated carbocycles. The number of nitrogens with zero attached hydrogens (tertiary/aromatic N) is 1. The molecule has 5 heteroatoms. The van der Waals surface area contributed by atoms with E-state index in [2.05, 4.69) is 54.4 Å². The zero-order chi connectivity index (χ0) is 24.2. The second-order valence-corrected chi connectivity index (χ2v) is 11.9. The zero-order valence-electron chi connectivity index (χ0n) is 20.8. The molecule has 4 aliphatic carbocycles. The van der Waals surface area contributed by atoms with Crippen molar-refractivity contribution in [2.24, 2.45) is 11.3 Å². The maximum absolute atomic E-state index is 12.1. The lowest BCUT2D eigenvalue weighted by atomic mass is 9.36. The number of likely N-dealkylation sites (tertiary alicyclic amines) is 1. The summed E-state index contributed by atoms with van der Waals surface area (Å²) in [5, 5.41) is 23.0. The number of aliphatic hydroxyl groups is 1. The van der Waals surface area contributed by atoms with E-state index in [1.54, 1.807) is 13.2 Å². The van der Waals surface area contributed by atoms with Crippen LogP contribution in [0.3, 0.4) is 0 Å². The maximum Gasteiger partial charge on any atom is 0.165 e. The molecule has 8 rings (SSSR count). The normalized spacial score (nSPS) is 39.7. The number of benzene rings is 2. The second-order valence-electron chi connectivity index (χ2n) is 11.9. The van der Waals surface area contributed by atoms with E-state index in [-0.39, 0.29) is 28.6 Å². The molecule has 184 valence electrons. The van der Waals surface area contributed by atoms with Crippen LogP contribution in [-0.2, 0) is 23.0 Å². The van der Waals surface area contributed by atoms with Crippen LogP contribution in [0.1, 0.15) is 42.9 Å². The fourth-order valence-electron chi connectivity index (χ4n) is 8.98. The minimum Gasteiger partial charge on any atom is -0.504 e. The molecule has 0 aromatic heterocycles. The van der Waals surface area contributed by atoms with Crippen molar-refractivity contribution in [2.45, 2.75) is 67.8 Å². The molecule has 2 N–H and O–H groups in total. The first-order chi connectivity index (χ1) is 16.8. The number of hydrogen-bond donors (Lipinski definition) is 2. The molecular weight excluding hydrogens is 437 g/mol. The minimum absolute atomic E-state index is 0.126. The predicted octanol–water partition coefficient (Wildman–Crippen LogP) is 4.00. The molecule has 2 fully saturated rings. The van der Waals surface area contributed by atoms with E-state index in [0.717, 1.165) is 32.2 Å².